The highest BCUT2D eigenvalue weighted by Crippen LogP contribution is 2.34. The van der Waals surface area contributed by atoms with E-state index in [1.807, 2.05) is 6.07 Å². The summed E-state index contributed by atoms with van der Waals surface area (Å²) in [6.07, 6.45) is 1.30. The van der Waals surface area contributed by atoms with E-state index in [4.69, 9.17) is 4.42 Å². The third-order valence-corrected chi connectivity index (χ3v) is 4.63. The zero-order valence-electron chi connectivity index (χ0n) is 11.5. The fourth-order valence-corrected chi connectivity index (χ4v) is 3.49. The molecule has 2 aromatic rings. The van der Waals surface area contributed by atoms with Crippen molar-refractivity contribution in [3.8, 4) is 0 Å². The van der Waals surface area contributed by atoms with Gasteiger partial charge in [0.05, 0.1) is 0 Å². The Bertz CT molecular complexity index is 621. The summed E-state index contributed by atoms with van der Waals surface area (Å²) in [6.45, 7) is 5.45. The molecule has 0 bridgehead atoms. The highest BCUT2D eigenvalue weighted by Gasteiger charge is 2.40. The lowest BCUT2D eigenvalue weighted by Crippen LogP contribution is -2.32. The van der Waals surface area contributed by atoms with Gasteiger partial charge in [0.2, 0.25) is 0 Å². The van der Waals surface area contributed by atoms with E-state index < -0.39 is 0 Å². The van der Waals surface area contributed by atoms with Gasteiger partial charge in [0.1, 0.15) is 5.52 Å². The Labute approximate surface area is 113 Å². The molecule has 2 atom stereocenters. The van der Waals surface area contributed by atoms with Gasteiger partial charge in [-0.1, -0.05) is 6.07 Å². The molecule has 3 heterocycles. The van der Waals surface area contributed by atoms with Gasteiger partial charge >= 0.3 is 0 Å². The van der Waals surface area contributed by atoms with Crippen LogP contribution < -0.4 is 4.90 Å². The number of anilines is 1. The van der Waals surface area contributed by atoms with Crippen molar-refractivity contribution in [1.29, 1.82) is 0 Å². The molecule has 0 saturated carbocycles. The lowest BCUT2D eigenvalue weighted by molar-refractivity contribution is 0.310. The van der Waals surface area contributed by atoms with Crippen LogP contribution in [0.4, 0.5) is 6.01 Å². The Kier molecular flexibility index (Phi) is 2.36. The molecule has 19 heavy (non-hydrogen) atoms. The lowest BCUT2D eigenvalue weighted by atomic mass is 10.1. The maximum atomic E-state index is 5.90. The topological polar surface area (TPSA) is 32.5 Å². The van der Waals surface area contributed by atoms with Crippen molar-refractivity contribution >= 4 is 17.1 Å². The molecule has 0 radical (unpaired) electrons. The Morgan fingerprint density at radius 1 is 1.32 bits per heavy atom. The minimum absolute atomic E-state index is 0.678. The van der Waals surface area contributed by atoms with E-state index >= 15 is 0 Å². The molecule has 4 heteroatoms. The summed E-state index contributed by atoms with van der Waals surface area (Å²) >= 11 is 0. The van der Waals surface area contributed by atoms with Crippen molar-refractivity contribution in [3.05, 3.63) is 23.8 Å². The fraction of sp³-hybridized carbons (Fsp3) is 0.533. The first-order chi connectivity index (χ1) is 9.20. The normalized spacial score (nSPS) is 27.4. The van der Waals surface area contributed by atoms with Gasteiger partial charge in [-0.15, -0.1) is 0 Å². The van der Waals surface area contributed by atoms with Gasteiger partial charge in [-0.25, -0.2) is 0 Å². The van der Waals surface area contributed by atoms with Gasteiger partial charge in [-0.05, 0) is 50.6 Å². The first-order valence-electron chi connectivity index (χ1n) is 7.03. The van der Waals surface area contributed by atoms with Crippen molar-refractivity contribution in [1.82, 2.24) is 9.88 Å². The van der Waals surface area contributed by atoms with Gasteiger partial charge in [-0.2, -0.15) is 4.98 Å². The van der Waals surface area contributed by atoms with Crippen LogP contribution in [0.15, 0.2) is 22.6 Å². The van der Waals surface area contributed by atoms with E-state index in [1.54, 1.807) is 0 Å². The molecule has 100 valence electrons. The second-order valence-corrected chi connectivity index (χ2v) is 5.97. The number of likely N-dealkylation sites (N-methyl/N-ethyl adjacent to an activating group) is 1. The molecule has 0 unspecified atom stereocenters. The monoisotopic (exact) mass is 257 g/mol. The zero-order valence-corrected chi connectivity index (χ0v) is 11.5. The number of aryl methyl sites for hydroxylation is 1. The fourth-order valence-electron chi connectivity index (χ4n) is 3.49. The van der Waals surface area contributed by atoms with Crippen molar-refractivity contribution in [3.63, 3.8) is 0 Å². The van der Waals surface area contributed by atoms with Crippen LogP contribution in [-0.4, -0.2) is 42.6 Å². The number of aromatic nitrogens is 1. The molecule has 2 aliphatic rings. The van der Waals surface area contributed by atoms with Gasteiger partial charge < -0.3 is 14.2 Å². The van der Waals surface area contributed by atoms with Crippen molar-refractivity contribution in [2.24, 2.45) is 5.92 Å². The second kappa shape index (κ2) is 3.97. The average Bonchev–Trinajstić information content (AvgIpc) is 3.04. The van der Waals surface area contributed by atoms with Gasteiger partial charge in [0.15, 0.2) is 5.58 Å². The van der Waals surface area contributed by atoms with Crippen LogP contribution in [0.5, 0.6) is 0 Å². The molecule has 0 amide bonds. The molecule has 1 aromatic carbocycles. The highest BCUT2D eigenvalue weighted by molar-refractivity contribution is 5.75. The number of hydrogen-bond acceptors (Lipinski definition) is 4. The van der Waals surface area contributed by atoms with E-state index in [1.165, 1.54) is 18.5 Å². The Morgan fingerprint density at radius 3 is 3.05 bits per heavy atom. The lowest BCUT2D eigenvalue weighted by Gasteiger charge is -2.19. The first-order valence-corrected chi connectivity index (χ1v) is 7.03. The van der Waals surface area contributed by atoms with Crippen LogP contribution in [-0.2, 0) is 0 Å². The van der Waals surface area contributed by atoms with Crippen LogP contribution in [0.2, 0.25) is 0 Å². The molecule has 1 aromatic heterocycles. The largest absolute Gasteiger partial charge is 0.423 e. The summed E-state index contributed by atoms with van der Waals surface area (Å²) in [4.78, 5) is 9.42. The minimum atomic E-state index is 0.678. The maximum absolute atomic E-state index is 5.90. The van der Waals surface area contributed by atoms with Crippen LogP contribution in [0.1, 0.15) is 12.0 Å². The number of benzene rings is 1. The zero-order chi connectivity index (χ0) is 13.0. The predicted molar refractivity (Wildman–Crippen MR) is 75.5 cm³/mol. The highest BCUT2D eigenvalue weighted by atomic mass is 16.4. The van der Waals surface area contributed by atoms with Gasteiger partial charge in [0.25, 0.3) is 6.01 Å². The number of hydrogen-bond donors (Lipinski definition) is 0. The first kappa shape index (κ1) is 11.3. The van der Waals surface area contributed by atoms with Gasteiger partial charge in [0, 0.05) is 19.1 Å². The molecule has 2 aliphatic heterocycles. The van der Waals surface area contributed by atoms with Crippen LogP contribution in [0.25, 0.3) is 11.1 Å². The number of fused-ring (bicyclic) bond motifs is 2. The SMILES string of the molecule is Cc1ccc2oc(N3C[C@@H]4CCN(C)[C@@H]4C3)nc2c1. The molecular formula is C15H19N3O. The summed E-state index contributed by atoms with van der Waals surface area (Å²) in [6, 6.07) is 7.65. The van der Waals surface area contributed by atoms with E-state index in [9.17, 15) is 0 Å². The Hall–Kier alpha value is -1.55. The molecule has 2 fully saturated rings. The number of likely N-dealkylation sites (tertiary alicyclic amines) is 1. The summed E-state index contributed by atoms with van der Waals surface area (Å²) < 4.78 is 5.90. The Balaban J connectivity index is 1.65. The molecule has 0 aliphatic carbocycles. The Morgan fingerprint density at radius 2 is 2.21 bits per heavy atom. The van der Waals surface area contributed by atoms with E-state index in [0.29, 0.717) is 6.04 Å². The van der Waals surface area contributed by atoms with Crippen LogP contribution >= 0.6 is 0 Å². The van der Waals surface area contributed by atoms with Crippen LogP contribution in [0, 0.1) is 12.8 Å². The number of oxazole rings is 1. The summed E-state index contributed by atoms with van der Waals surface area (Å²) in [5.41, 5.74) is 3.09. The smallest absolute Gasteiger partial charge is 0.298 e. The molecule has 4 rings (SSSR count). The summed E-state index contributed by atoms with van der Waals surface area (Å²) in [5, 5.41) is 0. The molecule has 2 saturated heterocycles. The van der Waals surface area contributed by atoms with E-state index in [2.05, 4.69) is 40.9 Å². The third kappa shape index (κ3) is 1.74. The van der Waals surface area contributed by atoms with Crippen molar-refractivity contribution in [2.45, 2.75) is 19.4 Å². The molecular weight excluding hydrogens is 238 g/mol. The quantitative estimate of drug-likeness (QED) is 0.784. The number of rotatable bonds is 1. The van der Waals surface area contributed by atoms with Gasteiger partial charge in [-0.3, -0.25) is 0 Å². The van der Waals surface area contributed by atoms with Crippen molar-refractivity contribution < 1.29 is 4.42 Å². The third-order valence-electron chi connectivity index (χ3n) is 4.63. The average molecular weight is 257 g/mol. The predicted octanol–water partition coefficient (Wildman–Crippen LogP) is 2.28. The molecule has 4 nitrogen and oxygen atoms in total. The van der Waals surface area contributed by atoms with Crippen molar-refractivity contribution in [2.75, 3.05) is 31.6 Å². The van der Waals surface area contributed by atoms with E-state index in [0.717, 1.165) is 36.1 Å². The molecule has 0 spiro atoms. The maximum Gasteiger partial charge on any atom is 0.298 e. The number of nitrogens with zero attached hydrogens (tertiary/aromatic N) is 3. The molecule has 0 N–H and O–H groups in total. The van der Waals surface area contributed by atoms with Crippen LogP contribution in [0.3, 0.4) is 0 Å². The summed E-state index contributed by atoms with van der Waals surface area (Å²) in [5.74, 6) is 0.779. The second-order valence-electron chi connectivity index (χ2n) is 5.97. The van der Waals surface area contributed by atoms with E-state index in [-0.39, 0.29) is 0 Å². The minimum Gasteiger partial charge on any atom is -0.423 e. The standard InChI is InChI=1S/C15H19N3O/c1-10-3-4-14-12(7-10)16-15(19-14)18-8-11-5-6-17(2)13(11)9-18/h3-4,7,11,13H,5-6,8-9H2,1-2H3/t11-,13+/m0/s1. The summed E-state index contributed by atoms with van der Waals surface area (Å²) in [7, 11) is 2.23.